The summed E-state index contributed by atoms with van der Waals surface area (Å²) in [5.41, 5.74) is 1.39. The van der Waals surface area contributed by atoms with Crippen molar-refractivity contribution < 1.29 is 5.11 Å². The van der Waals surface area contributed by atoms with Crippen LogP contribution in [0.4, 0.5) is 0 Å². The molecule has 0 fully saturated rings. The summed E-state index contributed by atoms with van der Waals surface area (Å²) in [6.07, 6.45) is 9.95. The van der Waals surface area contributed by atoms with Gasteiger partial charge in [-0.15, -0.1) is 0 Å². The van der Waals surface area contributed by atoms with Gasteiger partial charge in [-0.2, -0.15) is 0 Å². The third-order valence-corrected chi connectivity index (χ3v) is 3.80. The molecule has 2 unspecified atom stereocenters. The molecule has 19 heavy (non-hydrogen) atoms. The standard InChI is InChI=1S/C18H30O/c1-3-4-5-6-7-9-14-18(15-16(2)19)17-12-10-8-11-13-17/h8,10-13,16,18-19H,3-7,9,14-15H2,1-2H3. The molecule has 2 atom stereocenters. The summed E-state index contributed by atoms with van der Waals surface area (Å²) in [5.74, 6) is 0.521. The summed E-state index contributed by atoms with van der Waals surface area (Å²) in [5, 5.41) is 9.66. The molecule has 0 heterocycles. The molecule has 1 N–H and O–H groups in total. The normalized spacial score (nSPS) is 14.3. The minimum Gasteiger partial charge on any atom is -0.393 e. The molecule has 0 aliphatic heterocycles. The van der Waals surface area contributed by atoms with Crippen LogP contribution in [0.1, 0.15) is 76.7 Å². The first-order valence-corrected chi connectivity index (χ1v) is 7.97. The van der Waals surface area contributed by atoms with Crippen LogP contribution in [0.2, 0.25) is 0 Å². The minimum absolute atomic E-state index is 0.203. The molecule has 1 aromatic rings. The highest BCUT2D eigenvalue weighted by molar-refractivity contribution is 5.19. The first-order chi connectivity index (χ1) is 9.24. The lowest BCUT2D eigenvalue weighted by Gasteiger charge is -2.19. The number of unbranched alkanes of at least 4 members (excludes halogenated alkanes) is 5. The van der Waals surface area contributed by atoms with E-state index in [0.717, 1.165) is 6.42 Å². The quantitative estimate of drug-likeness (QED) is 0.568. The molecule has 1 rings (SSSR count). The highest BCUT2D eigenvalue weighted by Crippen LogP contribution is 2.27. The summed E-state index contributed by atoms with van der Waals surface area (Å²) in [4.78, 5) is 0. The molecular weight excluding hydrogens is 232 g/mol. The van der Waals surface area contributed by atoms with Crippen molar-refractivity contribution in [2.75, 3.05) is 0 Å². The van der Waals surface area contributed by atoms with Gasteiger partial charge in [-0.1, -0.05) is 75.8 Å². The number of rotatable bonds is 10. The fourth-order valence-corrected chi connectivity index (χ4v) is 2.73. The zero-order chi connectivity index (χ0) is 13.9. The van der Waals surface area contributed by atoms with E-state index in [0.29, 0.717) is 5.92 Å². The number of hydrogen-bond acceptors (Lipinski definition) is 1. The van der Waals surface area contributed by atoms with E-state index in [1.165, 1.54) is 50.5 Å². The van der Waals surface area contributed by atoms with Gasteiger partial charge in [-0.25, -0.2) is 0 Å². The van der Waals surface area contributed by atoms with Gasteiger partial charge in [0.15, 0.2) is 0 Å². The molecule has 0 aliphatic carbocycles. The lowest BCUT2D eigenvalue weighted by Crippen LogP contribution is -2.09. The van der Waals surface area contributed by atoms with Crippen LogP contribution >= 0.6 is 0 Å². The van der Waals surface area contributed by atoms with E-state index in [1.54, 1.807) is 0 Å². The number of aliphatic hydroxyl groups is 1. The maximum absolute atomic E-state index is 9.66. The van der Waals surface area contributed by atoms with E-state index < -0.39 is 0 Å². The van der Waals surface area contributed by atoms with Crippen LogP contribution in [0, 0.1) is 0 Å². The molecule has 0 saturated carbocycles. The first-order valence-electron chi connectivity index (χ1n) is 7.97. The smallest absolute Gasteiger partial charge is 0.0517 e. The number of benzene rings is 1. The predicted octanol–water partition coefficient (Wildman–Crippen LogP) is 5.29. The Morgan fingerprint density at radius 3 is 2.21 bits per heavy atom. The fourth-order valence-electron chi connectivity index (χ4n) is 2.73. The Morgan fingerprint density at radius 2 is 1.58 bits per heavy atom. The van der Waals surface area contributed by atoms with Crippen LogP contribution in [0.5, 0.6) is 0 Å². The third kappa shape index (κ3) is 7.37. The van der Waals surface area contributed by atoms with Gasteiger partial charge in [0, 0.05) is 0 Å². The van der Waals surface area contributed by atoms with Crippen molar-refractivity contribution in [2.45, 2.75) is 77.2 Å². The number of hydrogen-bond donors (Lipinski definition) is 1. The second-order valence-corrected chi connectivity index (χ2v) is 5.75. The van der Waals surface area contributed by atoms with E-state index in [-0.39, 0.29) is 6.10 Å². The van der Waals surface area contributed by atoms with Crippen molar-refractivity contribution in [1.82, 2.24) is 0 Å². The second kappa shape index (κ2) is 10.0. The Morgan fingerprint density at radius 1 is 0.947 bits per heavy atom. The van der Waals surface area contributed by atoms with Crippen molar-refractivity contribution in [3.63, 3.8) is 0 Å². The molecule has 0 aliphatic rings. The van der Waals surface area contributed by atoms with E-state index >= 15 is 0 Å². The van der Waals surface area contributed by atoms with Crippen molar-refractivity contribution >= 4 is 0 Å². The van der Waals surface area contributed by atoms with E-state index in [1.807, 2.05) is 6.92 Å². The Kier molecular flexibility index (Phi) is 8.57. The zero-order valence-electron chi connectivity index (χ0n) is 12.6. The molecule has 0 aromatic heterocycles. The van der Waals surface area contributed by atoms with Crippen molar-refractivity contribution in [3.05, 3.63) is 35.9 Å². The van der Waals surface area contributed by atoms with Gasteiger partial charge in [-0.3, -0.25) is 0 Å². The summed E-state index contributed by atoms with van der Waals surface area (Å²) in [6.45, 7) is 4.16. The van der Waals surface area contributed by atoms with Crippen molar-refractivity contribution in [1.29, 1.82) is 0 Å². The summed E-state index contributed by atoms with van der Waals surface area (Å²) in [7, 11) is 0. The van der Waals surface area contributed by atoms with E-state index in [4.69, 9.17) is 0 Å². The summed E-state index contributed by atoms with van der Waals surface area (Å²) < 4.78 is 0. The Hall–Kier alpha value is -0.820. The molecule has 0 bridgehead atoms. The van der Waals surface area contributed by atoms with Gasteiger partial charge in [0.25, 0.3) is 0 Å². The van der Waals surface area contributed by atoms with Crippen LogP contribution in [0.25, 0.3) is 0 Å². The van der Waals surface area contributed by atoms with Gasteiger partial charge in [0.1, 0.15) is 0 Å². The highest BCUT2D eigenvalue weighted by Gasteiger charge is 2.13. The van der Waals surface area contributed by atoms with Gasteiger partial charge in [0.05, 0.1) is 6.10 Å². The third-order valence-electron chi connectivity index (χ3n) is 3.80. The molecule has 1 aromatic carbocycles. The van der Waals surface area contributed by atoms with E-state index in [2.05, 4.69) is 37.3 Å². The molecular formula is C18H30O. The molecule has 108 valence electrons. The van der Waals surface area contributed by atoms with Crippen molar-refractivity contribution in [2.24, 2.45) is 0 Å². The SMILES string of the molecule is CCCCCCCCC(CC(C)O)c1ccccc1. The number of aliphatic hydroxyl groups excluding tert-OH is 1. The maximum Gasteiger partial charge on any atom is 0.0517 e. The minimum atomic E-state index is -0.203. The lowest BCUT2D eigenvalue weighted by atomic mass is 9.88. The zero-order valence-corrected chi connectivity index (χ0v) is 12.6. The second-order valence-electron chi connectivity index (χ2n) is 5.75. The average molecular weight is 262 g/mol. The Labute approximate surface area is 119 Å². The van der Waals surface area contributed by atoms with Crippen molar-refractivity contribution in [3.8, 4) is 0 Å². The molecule has 1 nitrogen and oxygen atoms in total. The lowest BCUT2D eigenvalue weighted by molar-refractivity contribution is 0.172. The maximum atomic E-state index is 9.66. The van der Waals surface area contributed by atoms with Crippen LogP contribution in [-0.4, -0.2) is 11.2 Å². The molecule has 1 heteroatoms. The van der Waals surface area contributed by atoms with E-state index in [9.17, 15) is 5.11 Å². The largest absolute Gasteiger partial charge is 0.393 e. The van der Waals surface area contributed by atoms with Gasteiger partial charge < -0.3 is 5.11 Å². The van der Waals surface area contributed by atoms with Crippen LogP contribution in [0.3, 0.4) is 0 Å². The summed E-state index contributed by atoms with van der Waals surface area (Å²) >= 11 is 0. The van der Waals surface area contributed by atoms with Crippen LogP contribution < -0.4 is 0 Å². The van der Waals surface area contributed by atoms with Gasteiger partial charge in [0.2, 0.25) is 0 Å². The Balaban J connectivity index is 2.34. The molecule has 0 spiro atoms. The molecule has 0 radical (unpaired) electrons. The van der Waals surface area contributed by atoms with Crippen LogP contribution in [0.15, 0.2) is 30.3 Å². The Bertz CT molecular complexity index is 305. The summed E-state index contributed by atoms with van der Waals surface area (Å²) in [6, 6.07) is 10.7. The van der Waals surface area contributed by atoms with Crippen LogP contribution in [-0.2, 0) is 0 Å². The molecule has 0 saturated heterocycles. The average Bonchev–Trinajstić information content (AvgIpc) is 2.42. The monoisotopic (exact) mass is 262 g/mol. The fraction of sp³-hybridized carbons (Fsp3) is 0.667. The molecule has 0 amide bonds. The predicted molar refractivity (Wildman–Crippen MR) is 83.5 cm³/mol. The highest BCUT2D eigenvalue weighted by atomic mass is 16.3. The van der Waals surface area contributed by atoms with Gasteiger partial charge >= 0.3 is 0 Å². The first kappa shape index (κ1) is 16.2. The van der Waals surface area contributed by atoms with Gasteiger partial charge in [-0.05, 0) is 31.2 Å². The topological polar surface area (TPSA) is 20.2 Å².